The molecule has 0 radical (unpaired) electrons. The minimum Gasteiger partial charge on any atom is -0.480 e. The molecule has 6 heteroatoms. The van der Waals surface area contributed by atoms with Gasteiger partial charge in [0.25, 0.3) is 5.89 Å². The summed E-state index contributed by atoms with van der Waals surface area (Å²) in [5.41, 5.74) is 0. The predicted octanol–water partition coefficient (Wildman–Crippen LogP) is 2.11. The second-order valence-corrected chi connectivity index (χ2v) is 4.62. The van der Waals surface area contributed by atoms with Crippen molar-refractivity contribution in [2.45, 2.75) is 51.0 Å². The summed E-state index contributed by atoms with van der Waals surface area (Å²) in [6, 6.07) is 0. The maximum absolute atomic E-state index is 10.3. The molecule has 0 amide bonds. The zero-order valence-electron chi connectivity index (χ0n) is 10.3. The third-order valence-electron chi connectivity index (χ3n) is 3.16. The van der Waals surface area contributed by atoms with Crippen LogP contribution in [0.2, 0.25) is 0 Å². The number of carbonyl (C=O) groups is 1. The second kappa shape index (κ2) is 6.49. The average molecular weight is 254 g/mol. The maximum atomic E-state index is 10.3. The molecule has 0 saturated heterocycles. The van der Waals surface area contributed by atoms with Crippen molar-refractivity contribution < 1.29 is 19.2 Å². The molecule has 1 aromatic heterocycles. The Balaban J connectivity index is 1.86. The van der Waals surface area contributed by atoms with Gasteiger partial charge in [0, 0.05) is 5.92 Å². The highest BCUT2D eigenvalue weighted by molar-refractivity contribution is 5.67. The summed E-state index contributed by atoms with van der Waals surface area (Å²) in [6.45, 7) is -0.285. The topological polar surface area (TPSA) is 85.5 Å². The maximum Gasteiger partial charge on any atom is 0.329 e. The quantitative estimate of drug-likeness (QED) is 0.810. The molecule has 0 aromatic carbocycles. The molecule has 0 aliphatic heterocycles. The summed E-state index contributed by atoms with van der Waals surface area (Å²) < 4.78 is 9.97. The Bertz CT molecular complexity index is 383. The largest absolute Gasteiger partial charge is 0.480 e. The zero-order valence-corrected chi connectivity index (χ0v) is 10.3. The van der Waals surface area contributed by atoms with Gasteiger partial charge in [-0.25, -0.2) is 4.79 Å². The Labute approximate surface area is 105 Å². The number of nitrogens with zero attached hydrogens (tertiary/aromatic N) is 2. The van der Waals surface area contributed by atoms with Crippen LogP contribution in [-0.4, -0.2) is 27.8 Å². The van der Waals surface area contributed by atoms with Crippen molar-refractivity contribution in [1.82, 2.24) is 10.1 Å². The van der Waals surface area contributed by atoms with Crippen molar-refractivity contribution in [2.24, 2.45) is 0 Å². The SMILES string of the molecule is O=C(O)COCc1nc(C2CCCCCC2)no1. The van der Waals surface area contributed by atoms with Gasteiger partial charge >= 0.3 is 5.97 Å². The van der Waals surface area contributed by atoms with E-state index >= 15 is 0 Å². The van der Waals surface area contributed by atoms with Crippen molar-refractivity contribution in [1.29, 1.82) is 0 Å². The van der Waals surface area contributed by atoms with E-state index < -0.39 is 5.97 Å². The van der Waals surface area contributed by atoms with E-state index in [0.717, 1.165) is 18.7 Å². The number of carboxylic acids is 1. The van der Waals surface area contributed by atoms with E-state index in [4.69, 9.17) is 14.4 Å². The highest BCUT2D eigenvalue weighted by Gasteiger charge is 2.19. The van der Waals surface area contributed by atoms with Crippen molar-refractivity contribution in [3.05, 3.63) is 11.7 Å². The summed E-state index contributed by atoms with van der Waals surface area (Å²) in [7, 11) is 0. The Morgan fingerprint density at radius 3 is 2.72 bits per heavy atom. The van der Waals surface area contributed by atoms with Gasteiger partial charge in [0.2, 0.25) is 0 Å². The predicted molar refractivity (Wildman–Crippen MR) is 62.0 cm³/mol. The minimum atomic E-state index is -1.00. The van der Waals surface area contributed by atoms with E-state index in [9.17, 15) is 4.79 Å². The van der Waals surface area contributed by atoms with Crippen LogP contribution in [0, 0.1) is 0 Å². The number of aliphatic carboxylic acids is 1. The summed E-state index contributed by atoms with van der Waals surface area (Å²) >= 11 is 0. The Hall–Kier alpha value is -1.43. The van der Waals surface area contributed by atoms with Gasteiger partial charge in [-0.05, 0) is 12.8 Å². The van der Waals surface area contributed by atoms with Crippen LogP contribution >= 0.6 is 0 Å². The lowest BCUT2D eigenvalue weighted by Gasteiger charge is -2.07. The summed E-state index contributed by atoms with van der Waals surface area (Å²) in [5, 5.41) is 12.4. The Morgan fingerprint density at radius 1 is 1.33 bits per heavy atom. The van der Waals surface area contributed by atoms with Gasteiger partial charge in [-0.15, -0.1) is 0 Å². The summed E-state index contributed by atoms with van der Waals surface area (Å²) in [6.07, 6.45) is 7.20. The highest BCUT2D eigenvalue weighted by Crippen LogP contribution is 2.29. The molecule has 0 unspecified atom stereocenters. The smallest absolute Gasteiger partial charge is 0.329 e. The van der Waals surface area contributed by atoms with Crippen LogP contribution in [0.4, 0.5) is 0 Å². The standard InChI is InChI=1S/C12H18N2O4/c15-11(16)8-17-7-10-13-12(14-18-10)9-5-3-1-2-4-6-9/h9H,1-8H2,(H,15,16). The minimum absolute atomic E-state index is 0.0615. The first-order chi connectivity index (χ1) is 8.75. The number of aromatic nitrogens is 2. The van der Waals surface area contributed by atoms with Gasteiger partial charge in [-0.2, -0.15) is 4.98 Å². The third kappa shape index (κ3) is 3.80. The normalized spacial score (nSPS) is 17.6. The van der Waals surface area contributed by atoms with Crippen LogP contribution in [0.15, 0.2) is 4.52 Å². The van der Waals surface area contributed by atoms with Gasteiger partial charge < -0.3 is 14.4 Å². The lowest BCUT2D eigenvalue weighted by atomic mass is 10.00. The van der Waals surface area contributed by atoms with E-state index in [2.05, 4.69) is 10.1 Å². The third-order valence-corrected chi connectivity index (χ3v) is 3.16. The van der Waals surface area contributed by atoms with Crippen molar-refractivity contribution in [3.63, 3.8) is 0 Å². The van der Waals surface area contributed by atoms with Gasteiger partial charge in [-0.1, -0.05) is 30.8 Å². The fourth-order valence-corrected chi connectivity index (χ4v) is 2.26. The molecule has 0 bridgehead atoms. The molecule has 1 aliphatic carbocycles. The monoisotopic (exact) mass is 254 g/mol. The molecule has 0 atom stereocenters. The number of ether oxygens (including phenoxy) is 1. The summed E-state index contributed by atoms with van der Waals surface area (Å²) in [4.78, 5) is 14.6. The van der Waals surface area contributed by atoms with Crippen LogP contribution in [0.1, 0.15) is 56.2 Å². The molecule has 0 spiro atoms. The second-order valence-electron chi connectivity index (χ2n) is 4.62. The van der Waals surface area contributed by atoms with E-state index in [1.807, 2.05) is 0 Å². The molecule has 18 heavy (non-hydrogen) atoms. The van der Waals surface area contributed by atoms with Crippen LogP contribution < -0.4 is 0 Å². The lowest BCUT2D eigenvalue weighted by molar-refractivity contribution is -0.142. The van der Waals surface area contributed by atoms with E-state index in [1.54, 1.807) is 0 Å². The molecule has 1 fully saturated rings. The fraction of sp³-hybridized carbons (Fsp3) is 0.750. The number of hydrogen-bond acceptors (Lipinski definition) is 5. The molecule has 1 saturated carbocycles. The summed E-state index contributed by atoms with van der Waals surface area (Å²) in [5.74, 6) is 0.476. The zero-order chi connectivity index (χ0) is 12.8. The van der Waals surface area contributed by atoms with Crippen LogP contribution in [-0.2, 0) is 16.1 Å². The molecule has 100 valence electrons. The van der Waals surface area contributed by atoms with Crippen molar-refractivity contribution in [2.75, 3.05) is 6.61 Å². The molecule has 1 aromatic rings. The first-order valence-corrected chi connectivity index (χ1v) is 6.37. The molecule has 1 heterocycles. The number of carboxylic acid groups (broad SMARTS) is 1. The molecule has 1 aliphatic rings. The van der Waals surface area contributed by atoms with Crippen molar-refractivity contribution >= 4 is 5.97 Å². The fourth-order valence-electron chi connectivity index (χ4n) is 2.26. The Kier molecular flexibility index (Phi) is 4.69. The van der Waals surface area contributed by atoms with Gasteiger partial charge in [0.1, 0.15) is 13.2 Å². The molecular formula is C12H18N2O4. The van der Waals surface area contributed by atoms with Gasteiger partial charge in [0.15, 0.2) is 5.82 Å². The Morgan fingerprint density at radius 2 is 2.06 bits per heavy atom. The van der Waals surface area contributed by atoms with E-state index in [1.165, 1.54) is 25.7 Å². The average Bonchev–Trinajstić information content (AvgIpc) is 2.63. The van der Waals surface area contributed by atoms with Crippen LogP contribution in [0.5, 0.6) is 0 Å². The van der Waals surface area contributed by atoms with E-state index in [0.29, 0.717) is 11.8 Å². The highest BCUT2D eigenvalue weighted by atomic mass is 16.5. The van der Waals surface area contributed by atoms with E-state index in [-0.39, 0.29) is 13.2 Å². The van der Waals surface area contributed by atoms with Gasteiger partial charge in [0.05, 0.1) is 0 Å². The first-order valence-electron chi connectivity index (χ1n) is 6.37. The van der Waals surface area contributed by atoms with Crippen LogP contribution in [0.3, 0.4) is 0 Å². The molecule has 1 N–H and O–H groups in total. The van der Waals surface area contributed by atoms with Crippen LogP contribution in [0.25, 0.3) is 0 Å². The molecular weight excluding hydrogens is 236 g/mol. The number of hydrogen-bond donors (Lipinski definition) is 1. The van der Waals surface area contributed by atoms with Crippen molar-refractivity contribution in [3.8, 4) is 0 Å². The lowest BCUT2D eigenvalue weighted by Crippen LogP contribution is -2.07. The molecule has 2 rings (SSSR count). The number of rotatable bonds is 5. The molecule has 6 nitrogen and oxygen atoms in total. The van der Waals surface area contributed by atoms with Gasteiger partial charge in [-0.3, -0.25) is 0 Å². The first kappa shape index (κ1) is 13.0.